The summed E-state index contributed by atoms with van der Waals surface area (Å²) in [5, 5.41) is 0. The lowest BCUT2D eigenvalue weighted by Gasteiger charge is -2.29. The minimum Gasteiger partial charge on any atom is -0.112 e. The molecular weight excluding hydrogens is 324 g/mol. The zero-order valence-corrected chi connectivity index (χ0v) is 15.3. The molecule has 0 saturated heterocycles. The largest absolute Gasteiger partial charge is 0.112 e. The van der Waals surface area contributed by atoms with Gasteiger partial charge in [-0.15, -0.1) is 5.73 Å². The molecule has 5 rings (SSSR count). The SMILES string of the molecule is CC1(c2ccccc2)C2=C(C=CC(c3ccccc3)=C=C2)c2ccccc21. The molecule has 0 nitrogen and oxygen atoms in total. The predicted molar refractivity (Wildman–Crippen MR) is 113 cm³/mol. The highest BCUT2D eigenvalue weighted by Crippen LogP contribution is 2.51. The number of hydrogen-bond donors (Lipinski definition) is 0. The van der Waals surface area contributed by atoms with E-state index < -0.39 is 0 Å². The van der Waals surface area contributed by atoms with Gasteiger partial charge in [0, 0.05) is 11.0 Å². The highest BCUT2D eigenvalue weighted by atomic mass is 14.4. The first-order valence-electron chi connectivity index (χ1n) is 9.39. The molecule has 128 valence electrons. The Morgan fingerprint density at radius 2 is 1.37 bits per heavy atom. The lowest BCUT2D eigenvalue weighted by Crippen LogP contribution is -2.23. The van der Waals surface area contributed by atoms with Crippen LogP contribution in [0.15, 0.2) is 114 Å². The van der Waals surface area contributed by atoms with Gasteiger partial charge in [0.2, 0.25) is 0 Å². The van der Waals surface area contributed by atoms with E-state index in [-0.39, 0.29) is 5.41 Å². The molecule has 0 heteroatoms. The van der Waals surface area contributed by atoms with Gasteiger partial charge in [0.1, 0.15) is 0 Å². The van der Waals surface area contributed by atoms with Gasteiger partial charge >= 0.3 is 0 Å². The van der Waals surface area contributed by atoms with E-state index in [1.165, 1.54) is 33.4 Å². The van der Waals surface area contributed by atoms with Crippen LogP contribution in [0.3, 0.4) is 0 Å². The van der Waals surface area contributed by atoms with Gasteiger partial charge in [-0.25, -0.2) is 0 Å². The molecule has 2 aliphatic rings. The summed E-state index contributed by atoms with van der Waals surface area (Å²) < 4.78 is 0. The van der Waals surface area contributed by atoms with Gasteiger partial charge in [-0.1, -0.05) is 91.0 Å². The number of allylic oxidation sites excluding steroid dienone is 5. The summed E-state index contributed by atoms with van der Waals surface area (Å²) in [5.41, 5.74) is 12.3. The van der Waals surface area contributed by atoms with Gasteiger partial charge in [0.15, 0.2) is 0 Å². The third-order valence-electron chi connectivity index (χ3n) is 5.81. The Balaban J connectivity index is 1.74. The molecule has 0 aromatic heterocycles. The Kier molecular flexibility index (Phi) is 3.60. The molecule has 0 radical (unpaired) electrons. The third-order valence-corrected chi connectivity index (χ3v) is 5.81. The van der Waals surface area contributed by atoms with Crippen LogP contribution in [0.5, 0.6) is 0 Å². The van der Waals surface area contributed by atoms with Crippen LogP contribution < -0.4 is 0 Å². The summed E-state index contributed by atoms with van der Waals surface area (Å²) in [5.74, 6) is 0. The summed E-state index contributed by atoms with van der Waals surface area (Å²) in [6.45, 7) is 2.34. The van der Waals surface area contributed by atoms with Crippen molar-refractivity contribution in [3.8, 4) is 0 Å². The van der Waals surface area contributed by atoms with E-state index in [2.05, 4.69) is 116 Å². The van der Waals surface area contributed by atoms with Crippen molar-refractivity contribution in [3.05, 3.63) is 137 Å². The second kappa shape index (κ2) is 6.13. The van der Waals surface area contributed by atoms with Crippen molar-refractivity contribution in [1.29, 1.82) is 0 Å². The van der Waals surface area contributed by atoms with Crippen molar-refractivity contribution in [2.75, 3.05) is 0 Å². The van der Waals surface area contributed by atoms with E-state index in [9.17, 15) is 0 Å². The van der Waals surface area contributed by atoms with Crippen LogP contribution in [-0.2, 0) is 5.41 Å². The molecule has 0 saturated carbocycles. The van der Waals surface area contributed by atoms with Gasteiger partial charge in [0.05, 0.1) is 0 Å². The van der Waals surface area contributed by atoms with Gasteiger partial charge in [-0.3, -0.25) is 0 Å². The van der Waals surface area contributed by atoms with Crippen molar-refractivity contribution < 1.29 is 0 Å². The van der Waals surface area contributed by atoms with Crippen LogP contribution in [0.1, 0.15) is 29.2 Å². The summed E-state index contributed by atoms with van der Waals surface area (Å²) in [4.78, 5) is 0. The van der Waals surface area contributed by atoms with E-state index in [1.807, 2.05) is 0 Å². The third kappa shape index (κ3) is 2.39. The summed E-state index contributed by atoms with van der Waals surface area (Å²) in [7, 11) is 0. The molecule has 0 amide bonds. The minimum atomic E-state index is -0.170. The molecule has 0 spiro atoms. The summed E-state index contributed by atoms with van der Waals surface area (Å²) >= 11 is 0. The van der Waals surface area contributed by atoms with Crippen molar-refractivity contribution in [1.82, 2.24) is 0 Å². The molecule has 0 aliphatic heterocycles. The van der Waals surface area contributed by atoms with Crippen LogP contribution in [0.2, 0.25) is 0 Å². The van der Waals surface area contributed by atoms with E-state index in [0.717, 1.165) is 5.57 Å². The number of benzene rings is 3. The van der Waals surface area contributed by atoms with Crippen LogP contribution in [0, 0.1) is 0 Å². The lowest BCUT2D eigenvalue weighted by molar-refractivity contribution is 0.707. The summed E-state index contributed by atoms with van der Waals surface area (Å²) in [6.07, 6.45) is 6.66. The number of hydrogen-bond acceptors (Lipinski definition) is 0. The van der Waals surface area contributed by atoms with Crippen molar-refractivity contribution >= 4 is 11.1 Å². The second-order valence-electron chi connectivity index (χ2n) is 7.27. The normalized spacial score (nSPS) is 20.1. The Labute approximate surface area is 160 Å². The number of rotatable bonds is 2. The molecule has 1 atom stereocenters. The summed E-state index contributed by atoms with van der Waals surface area (Å²) in [6, 6.07) is 30.1. The first-order valence-corrected chi connectivity index (χ1v) is 9.39. The van der Waals surface area contributed by atoms with Gasteiger partial charge in [0.25, 0.3) is 0 Å². The zero-order valence-electron chi connectivity index (χ0n) is 15.3. The molecule has 0 heterocycles. The molecule has 0 fully saturated rings. The fourth-order valence-corrected chi connectivity index (χ4v) is 4.36. The highest BCUT2D eigenvalue weighted by Gasteiger charge is 2.41. The predicted octanol–water partition coefficient (Wildman–Crippen LogP) is 6.57. The molecule has 2 aliphatic carbocycles. The number of fused-ring (bicyclic) bond motifs is 2. The maximum atomic E-state index is 3.58. The van der Waals surface area contributed by atoms with Crippen LogP contribution in [0.4, 0.5) is 0 Å². The topological polar surface area (TPSA) is 0 Å². The average molecular weight is 344 g/mol. The fourth-order valence-electron chi connectivity index (χ4n) is 4.36. The first-order chi connectivity index (χ1) is 13.3. The van der Waals surface area contributed by atoms with Crippen LogP contribution in [0.25, 0.3) is 11.1 Å². The molecule has 3 aromatic rings. The standard InChI is InChI=1S/C27H20/c1-27(22-12-6-3-7-13-22)25-15-9-8-14-23(25)24-18-16-21(17-19-26(24)27)20-10-4-2-5-11-20/h2-16,18-19H,1H3. The molecule has 3 aromatic carbocycles. The van der Waals surface area contributed by atoms with Gasteiger partial charge < -0.3 is 0 Å². The molecule has 0 bridgehead atoms. The van der Waals surface area contributed by atoms with E-state index >= 15 is 0 Å². The van der Waals surface area contributed by atoms with Crippen molar-refractivity contribution in [2.24, 2.45) is 0 Å². The molecule has 27 heavy (non-hydrogen) atoms. The van der Waals surface area contributed by atoms with E-state index in [0.29, 0.717) is 0 Å². The van der Waals surface area contributed by atoms with Gasteiger partial charge in [-0.05, 0) is 52.5 Å². The zero-order chi connectivity index (χ0) is 18.3. The van der Waals surface area contributed by atoms with E-state index in [4.69, 9.17) is 0 Å². The van der Waals surface area contributed by atoms with Crippen LogP contribution >= 0.6 is 0 Å². The molecular formula is C27H20. The first kappa shape index (κ1) is 15.9. The monoisotopic (exact) mass is 344 g/mol. The Morgan fingerprint density at radius 1 is 0.704 bits per heavy atom. The minimum absolute atomic E-state index is 0.170. The van der Waals surface area contributed by atoms with E-state index in [1.54, 1.807) is 0 Å². The average Bonchev–Trinajstić information content (AvgIpc) is 2.88. The Morgan fingerprint density at radius 3 is 2.15 bits per heavy atom. The molecule has 0 N–H and O–H groups in total. The smallest absolute Gasteiger partial charge is 0.0441 e. The van der Waals surface area contributed by atoms with Crippen LogP contribution in [-0.4, -0.2) is 0 Å². The Bertz CT molecular complexity index is 1140. The Hall–Kier alpha value is -3.34. The second-order valence-corrected chi connectivity index (χ2v) is 7.27. The maximum absolute atomic E-state index is 3.58. The highest BCUT2D eigenvalue weighted by molar-refractivity contribution is 5.93. The van der Waals surface area contributed by atoms with Crippen molar-refractivity contribution in [3.63, 3.8) is 0 Å². The maximum Gasteiger partial charge on any atom is 0.0441 e. The van der Waals surface area contributed by atoms with Crippen molar-refractivity contribution in [2.45, 2.75) is 12.3 Å². The van der Waals surface area contributed by atoms with Gasteiger partial charge in [-0.2, -0.15) is 0 Å². The lowest BCUT2D eigenvalue weighted by atomic mass is 9.73. The molecule has 1 unspecified atom stereocenters. The quantitative estimate of drug-likeness (QED) is 0.461. The fraction of sp³-hybridized carbons (Fsp3) is 0.0741.